The van der Waals surface area contributed by atoms with E-state index in [1.165, 1.54) is 11.6 Å². The number of nitrogens with zero attached hydrogens (tertiary/aromatic N) is 1. The Kier molecular flexibility index (Phi) is 4.20. The van der Waals surface area contributed by atoms with Gasteiger partial charge in [-0.25, -0.2) is 0 Å². The summed E-state index contributed by atoms with van der Waals surface area (Å²) in [6, 6.07) is 13.2. The van der Waals surface area contributed by atoms with Crippen molar-refractivity contribution in [1.29, 1.82) is 0 Å². The average molecular weight is 279 g/mol. The fourth-order valence-electron chi connectivity index (χ4n) is 1.68. The number of alkyl halides is 2. The second-order valence-corrected chi connectivity index (χ2v) is 5.46. The van der Waals surface area contributed by atoms with E-state index in [2.05, 4.69) is 4.98 Å². The van der Waals surface area contributed by atoms with Gasteiger partial charge in [-0.3, -0.25) is 4.98 Å². The van der Waals surface area contributed by atoms with Crippen LogP contribution >= 0.6 is 11.8 Å². The molecule has 2 aromatic rings. The minimum atomic E-state index is -2.88. The molecule has 0 unspecified atom stereocenters. The Morgan fingerprint density at radius 3 is 2.37 bits per heavy atom. The zero-order valence-electron chi connectivity index (χ0n) is 10.9. The Bertz CT molecular complexity index is 550. The smallest absolute Gasteiger partial charge is 0.251 e. The number of hydrogen-bond donors (Lipinski definition) is 0. The number of aromatic nitrogens is 1. The highest BCUT2D eigenvalue weighted by Gasteiger charge is 2.26. The number of pyridine rings is 1. The van der Waals surface area contributed by atoms with Gasteiger partial charge in [-0.1, -0.05) is 30.3 Å². The van der Waals surface area contributed by atoms with Crippen molar-refractivity contribution < 1.29 is 8.78 Å². The van der Waals surface area contributed by atoms with E-state index in [1.807, 2.05) is 30.3 Å². The highest BCUT2D eigenvalue weighted by molar-refractivity contribution is 7.98. The molecule has 0 atom stereocenters. The van der Waals surface area contributed by atoms with Gasteiger partial charge >= 0.3 is 0 Å². The highest BCUT2D eigenvalue weighted by Crippen LogP contribution is 2.30. The number of hydrogen-bond acceptors (Lipinski definition) is 2. The predicted octanol–water partition coefficient (Wildman–Crippen LogP) is 4.79. The van der Waals surface area contributed by atoms with Gasteiger partial charge in [-0.05, 0) is 24.6 Å². The van der Waals surface area contributed by atoms with Crippen molar-refractivity contribution in [2.24, 2.45) is 0 Å². The first-order valence-electron chi connectivity index (χ1n) is 5.99. The molecule has 0 spiro atoms. The molecular formula is C15H15F2NS. The van der Waals surface area contributed by atoms with E-state index in [0.717, 1.165) is 17.6 Å². The third-order valence-electron chi connectivity index (χ3n) is 2.72. The standard InChI is InChI=1S/C15H15F2NS/c1-11-13(8-9-14(18-11)15(2,16)17)19-10-12-6-4-3-5-7-12/h3-9H,10H2,1-2H3. The summed E-state index contributed by atoms with van der Waals surface area (Å²) in [7, 11) is 0. The normalized spacial score (nSPS) is 11.6. The molecule has 0 aliphatic heterocycles. The van der Waals surface area contributed by atoms with Crippen LogP contribution in [0.3, 0.4) is 0 Å². The molecule has 0 saturated carbocycles. The Balaban J connectivity index is 2.10. The Hall–Kier alpha value is -1.42. The molecule has 1 heterocycles. The third-order valence-corrected chi connectivity index (χ3v) is 3.94. The summed E-state index contributed by atoms with van der Waals surface area (Å²) in [6.07, 6.45) is 0. The van der Waals surface area contributed by atoms with E-state index in [0.29, 0.717) is 5.69 Å². The van der Waals surface area contributed by atoms with Crippen molar-refractivity contribution in [1.82, 2.24) is 4.98 Å². The fourth-order valence-corrected chi connectivity index (χ4v) is 2.61. The lowest BCUT2D eigenvalue weighted by molar-refractivity contribution is 0.0125. The molecule has 0 aliphatic rings. The molecule has 1 aromatic carbocycles. The monoisotopic (exact) mass is 279 g/mol. The van der Waals surface area contributed by atoms with E-state index in [-0.39, 0.29) is 5.69 Å². The van der Waals surface area contributed by atoms with Crippen LogP contribution in [0.4, 0.5) is 8.78 Å². The van der Waals surface area contributed by atoms with E-state index in [4.69, 9.17) is 0 Å². The summed E-state index contributed by atoms with van der Waals surface area (Å²) in [6.45, 7) is 2.63. The van der Waals surface area contributed by atoms with Gasteiger partial charge in [0.15, 0.2) is 0 Å². The van der Waals surface area contributed by atoms with Gasteiger partial charge in [-0.2, -0.15) is 8.78 Å². The molecule has 0 amide bonds. The zero-order chi connectivity index (χ0) is 13.9. The third kappa shape index (κ3) is 3.77. The predicted molar refractivity (Wildman–Crippen MR) is 74.5 cm³/mol. The summed E-state index contributed by atoms with van der Waals surface area (Å²) in [4.78, 5) is 4.93. The summed E-state index contributed by atoms with van der Waals surface area (Å²) in [5.41, 5.74) is 1.69. The van der Waals surface area contributed by atoms with Crippen molar-refractivity contribution in [2.45, 2.75) is 30.4 Å². The van der Waals surface area contributed by atoms with Crippen molar-refractivity contribution in [2.75, 3.05) is 0 Å². The molecule has 100 valence electrons. The number of halogens is 2. The van der Waals surface area contributed by atoms with Crippen molar-refractivity contribution in [3.63, 3.8) is 0 Å². The van der Waals surface area contributed by atoms with Crippen LogP contribution in [0.1, 0.15) is 23.9 Å². The molecule has 1 aromatic heterocycles. The van der Waals surface area contributed by atoms with Crippen molar-refractivity contribution >= 4 is 11.8 Å². The molecular weight excluding hydrogens is 264 g/mol. The molecule has 1 nitrogen and oxygen atoms in total. The van der Waals surface area contributed by atoms with Crippen LogP contribution in [-0.2, 0) is 11.7 Å². The molecule has 19 heavy (non-hydrogen) atoms. The summed E-state index contributed by atoms with van der Waals surface area (Å²) < 4.78 is 26.3. The lowest BCUT2D eigenvalue weighted by Gasteiger charge is -2.12. The Morgan fingerprint density at radius 1 is 1.11 bits per heavy atom. The number of rotatable bonds is 4. The molecule has 0 radical (unpaired) electrons. The molecule has 2 rings (SSSR count). The van der Waals surface area contributed by atoms with Gasteiger partial charge in [0.2, 0.25) is 0 Å². The van der Waals surface area contributed by atoms with Crippen LogP contribution in [0.2, 0.25) is 0 Å². The first kappa shape index (κ1) is 14.0. The summed E-state index contributed by atoms with van der Waals surface area (Å²) in [5, 5.41) is 0. The minimum Gasteiger partial charge on any atom is -0.251 e. The van der Waals surface area contributed by atoms with Gasteiger partial charge in [0.25, 0.3) is 5.92 Å². The lowest BCUT2D eigenvalue weighted by Crippen LogP contribution is -2.10. The SMILES string of the molecule is Cc1nc(C(C)(F)F)ccc1SCc1ccccc1. The average Bonchev–Trinajstić information content (AvgIpc) is 2.37. The van der Waals surface area contributed by atoms with Crippen LogP contribution in [0.25, 0.3) is 0 Å². The van der Waals surface area contributed by atoms with Crippen molar-refractivity contribution in [3.8, 4) is 0 Å². The van der Waals surface area contributed by atoms with E-state index < -0.39 is 5.92 Å². The molecule has 0 bridgehead atoms. The first-order valence-corrected chi connectivity index (χ1v) is 6.98. The number of benzene rings is 1. The number of aryl methyl sites for hydroxylation is 1. The van der Waals surface area contributed by atoms with Crippen LogP contribution in [0, 0.1) is 6.92 Å². The van der Waals surface area contributed by atoms with Gasteiger partial charge in [-0.15, -0.1) is 11.8 Å². The minimum absolute atomic E-state index is 0.172. The van der Waals surface area contributed by atoms with Crippen molar-refractivity contribution in [3.05, 3.63) is 59.4 Å². The maximum absolute atomic E-state index is 13.1. The quantitative estimate of drug-likeness (QED) is 0.746. The van der Waals surface area contributed by atoms with Gasteiger partial charge in [0, 0.05) is 17.6 Å². The van der Waals surface area contributed by atoms with Gasteiger partial charge in [0.05, 0.1) is 5.69 Å². The van der Waals surface area contributed by atoms with Crippen LogP contribution < -0.4 is 0 Å². The zero-order valence-corrected chi connectivity index (χ0v) is 11.7. The Morgan fingerprint density at radius 2 is 1.79 bits per heavy atom. The van der Waals surface area contributed by atoms with Gasteiger partial charge < -0.3 is 0 Å². The first-order chi connectivity index (χ1) is 8.97. The molecule has 0 fully saturated rings. The van der Waals surface area contributed by atoms with E-state index in [9.17, 15) is 8.78 Å². The van der Waals surface area contributed by atoms with Gasteiger partial charge in [0.1, 0.15) is 5.69 Å². The largest absolute Gasteiger partial charge is 0.286 e. The number of thioether (sulfide) groups is 1. The second kappa shape index (κ2) is 5.70. The lowest BCUT2D eigenvalue weighted by atomic mass is 10.2. The summed E-state index contributed by atoms with van der Waals surface area (Å²) in [5.74, 6) is -2.07. The molecule has 0 saturated heterocycles. The molecule has 4 heteroatoms. The Labute approximate surface area is 116 Å². The highest BCUT2D eigenvalue weighted by atomic mass is 32.2. The van der Waals surface area contributed by atoms with E-state index >= 15 is 0 Å². The summed E-state index contributed by atoms with van der Waals surface area (Å²) >= 11 is 1.61. The van der Waals surface area contributed by atoms with Crippen LogP contribution in [0.5, 0.6) is 0 Å². The van der Waals surface area contributed by atoms with Crippen LogP contribution in [0.15, 0.2) is 47.4 Å². The van der Waals surface area contributed by atoms with Crippen LogP contribution in [-0.4, -0.2) is 4.98 Å². The topological polar surface area (TPSA) is 12.9 Å². The maximum atomic E-state index is 13.1. The molecule has 0 N–H and O–H groups in total. The molecule has 0 aliphatic carbocycles. The maximum Gasteiger partial charge on any atom is 0.286 e. The second-order valence-electron chi connectivity index (χ2n) is 4.44. The van der Waals surface area contributed by atoms with E-state index in [1.54, 1.807) is 24.8 Å². The fraction of sp³-hybridized carbons (Fsp3) is 0.267.